The zero-order chi connectivity index (χ0) is 13.9. The number of hydrogen-bond acceptors (Lipinski definition) is 3. The Balaban J connectivity index is 0.00000324. The SMILES string of the molecule is Cc1cc(NC(=O)C(C)C(C)N)ccc1C(N)=O.Cl. The Hall–Kier alpha value is -1.59. The van der Waals surface area contributed by atoms with E-state index in [0.29, 0.717) is 11.3 Å². The molecule has 1 aromatic carbocycles. The van der Waals surface area contributed by atoms with Crippen LogP contribution in [0.25, 0.3) is 0 Å². The van der Waals surface area contributed by atoms with E-state index in [0.717, 1.165) is 5.56 Å². The predicted molar refractivity (Wildman–Crippen MR) is 78.4 cm³/mol. The molecule has 0 aliphatic carbocycles. The summed E-state index contributed by atoms with van der Waals surface area (Å²) in [5.74, 6) is -0.897. The van der Waals surface area contributed by atoms with Gasteiger partial charge in [0.15, 0.2) is 0 Å². The van der Waals surface area contributed by atoms with E-state index in [1.807, 2.05) is 0 Å². The van der Waals surface area contributed by atoms with Gasteiger partial charge >= 0.3 is 0 Å². The van der Waals surface area contributed by atoms with Gasteiger partial charge in [-0.15, -0.1) is 12.4 Å². The molecule has 1 rings (SSSR count). The molecule has 5 nitrogen and oxygen atoms in total. The third-order valence-corrected chi connectivity index (χ3v) is 2.96. The molecule has 0 saturated heterocycles. The Kier molecular flexibility index (Phi) is 6.52. The Bertz CT molecular complexity index is 475. The summed E-state index contributed by atoms with van der Waals surface area (Å²) in [6.07, 6.45) is 0. The van der Waals surface area contributed by atoms with Gasteiger partial charge in [0.1, 0.15) is 0 Å². The van der Waals surface area contributed by atoms with Crippen LogP contribution in [-0.4, -0.2) is 17.9 Å². The average Bonchev–Trinajstić information content (AvgIpc) is 2.27. The van der Waals surface area contributed by atoms with Gasteiger partial charge in [-0.05, 0) is 37.6 Å². The molecular weight excluding hydrogens is 266 g/mol. The van der Waals surface area contributed by atoms with E-state index in [4.69, 9.17) is 11.5 Å². The molecule has 2 atom stereocenters. The van der Waals surface area contributed by atoms with Crippen molar-refractivity contribution in [2.45, 2.75) is 26.8 Å². The molecule has 0 fully saturated rings. The highest BCUT2D eigenvalue weighted by atomic mass is 35.5. The highest BCUT2D eigenvalue weighted by Gasteiger charge is 2.17. The number of nitrogens with two attached hydrogens (primary N) is 2. The summed E-state index contributed by atoms with van der Waals surface area (Å²) in [4.78, 5) is 22.9. The van der Waals surface area contributed by atoms with Crippen molar-refractivity contribution in [3.63, 3.8) is 0 Å². The first-order valence-corrected chi connectivity index (χ1v) is 5.79. The Morgan fingerprint density at radius 3 is 2.26 bits per heavy atom. The normalized spacial score (nSPS) is 13.1. The number of nitrogens with one attached hydrogen (secondary N) is 1. The minimum atomic E-state index is -0.477. The summed E-state index contributed by atoms with van der Waals surface area (Å²) >= 11 is 0. The van der Waals surface area contributed by atoms with Gasteiger partial charge in [0, 0.05) is 17.3 Å². The summed E-state index contributed by atoms with van der Waals surface area (Å²) in [6, 6.07) is 4.75. The van der Waals surface area contributed by atoms with Gasteiger partial charge in [-0.2, -0.15) is 0 Å². The molecule has 1 aromatic rings. The van der Waals surface area contributed by atoms with Gasteiger partial charge < -0.3 is 16.8 Å². The Labute approximate surface area is 119 Å². The zero-order valence-corrected chi connectivity index (χ0v) is 12.1. The lowest BCUT2D eigenvalue weighted by atomic mass is 10.0. The summed E-state index contributed by atoms with van der Waals surface area (Å²) in [5.41, 5.74) is 12.7. The van der Waals surface area contributed by atoms with Gasteiger partial charge in [0.25, 0.3) is 0 Å². The van der Waals surface area contributed by atoms with Crippen molar-refractivity contribution in [1.82, 2.24) is 0 Å². The van der Waals surface area contributed by atoms with Gasteiger partial charge in [0.05, 0.1) is 5.92 Å². The fourth-order valence-corrected chi connectivity index (χ4v) is 1.51. The molecule has 0 aliphatic rings. The number of rotatable bonds is 4. The minimum absolute atomic E-state index is 0. The Morgan fingerprint density at radius 1 is 1.26 bits per heavy atom. The van der Waals surface area contributed by atoms with Gasteiger partial charge in [-0.25, -0.2) is 0 Å². The maximum atomic E-state index is 11.8. The van der Waals surface area contributed by atoms with Crippen LogP contribution >= 0.6 is 12.4 Å². The molecule has 0 aromatic heterocycles. The number of amides is 2. The van der Waals surface area contributed by atoms with Crippen molar-refractivity contribution < 1.29 is 9.59 Å². The second kappa shape index (κ2) is 7.11. The topological polar surface area (TPSA) is 98.2 Å². The van der Waals surface area contributed by atoms with Crippen LogP contribution in [0.3, 0.4) is 0 Å². The quantitative estimate of drug-likeness (QED) is 0.780. The van der Waals surface area contributed by atoms with Crippen LogP contribution in [0.5, 0.6) is 0 Å². The molecule has 2 unspecified atom stereocenters. The molecule has 0 spiro atoms. The number of primary amides is 1. The molecular formula is C13H20ClN3O2. The van der Waals surface area contributed by atoms with Gasteiger partial charge in [0.2, 0.25) is 11.8 Å². The lowest BCUT2D eigenvalue weighted by Gasteiger charge is -2.15. The first-order valence-electron chi connectivity index (χ1n) is 5.79. The predicted octanol–water partition coefficient (Wildman–Crippen LogP) is 1.44. The van der Waals surface area contributed by atoms with Crippen molar-refractivity contribution in [3.05, 3.63) is 29.3 Å². The van der Waals surface area contributed by atoms with Crippen molar-refractivity contribution in [3.8, 4) is 0 Å². The third kappa shape index (κ3) is 4.54. The molecule has 0 bridgehead atoms. The van der Waals surface area contributed by atoms with Crippen LogP contribution in [0.2, 0.25) is 0 Å². The van der Waals surface area contributed by atoms with Crippen LogP contribution in [0, 0.1) is 12.8 Å². The number of carbonyl (C=O) groups excluding carboxylic acids is 2. The molecule has 0 heterocycles. The van der Waals surface area contributed by atoms with E-state index in [1.54, 1.807) is 39.0 Å². The lowest BCUT2D eigenvalue weighted by Crippen LogP contribution is -2.34. The molecule has 0 saturated carbocycles. The number of halogens is 1. The largest absolute Gasteiger partial charge is 0.366 e. The zero-order valence-electron chi connectivity index (χ0n) is 11.3. The summed E-state index contributed by atoms with van der Waals surface area (Å²) in [6.45, 7) is 5.32. The van der Waals surface area contributed by atoms with E-state index in [1.165, 1.54) is 0 Å². The summed E-state index contributed by atoms with van der Waals surface area (Å²) < 4.78 is 0. The number of benzene rings is 1. The molecule has 19 heavy (non-hydrogen) atoms. The highest BCUT2D eigenvalue weighted by molar-refractivity contribution is 5.96. The molecule has 2 amide bonds. The number of aryl methyl sites for hydroxylation is 1. The molecule has 5 N–H and O–H groups in total. The van der Waals surface area contributed by atoms with E-state index >= 15 is 0 Å². The summed E-state index contributed by atoms with van der Waals surface area (Å²) in [5, 5.41) is 2.76. The van der Waals surface area contributed by atoms with E-state index in [-0.39, 0.29) is 30.3 Å². The second-order valence-electron chi connectivity index (χ2n) is 4.53. The first-order chi connectivity index (χ1) is 8.32. The number of anilines is 1. The fourth-order valence-electron chi connectivity index (χ4n) is 1.51. The summed E-state index contributed by atoms with van der Waals surface area (Å²) in [7, 11) is 0. The minimum Gasteiger partial charge on any atom is -0.366 e. The average molecular weight is 286 g/mol. The number of carbonyl (C=O) groups is 2. The highest BCUT2D eigenvalue weighted by Crippen LogP contribution is 2.16. The maximum Gasteiger partial charge on any atom is 0.248 e. The van der Waals surface area contributed by atoms with Crippen LogP contribution in [0.15, 0.2) is 18.2 Å². The smallest absolute Gasteiger partial charge is 0.248 e. The van der Waals surface area contributed by atoms with E-state index < -0.39 is 5.91 Å². The van der Waals surface area contributed by atoms with E-state index in [9.17, 15) is 9.59 Å². The maximum absolute atomic E-state index is 11.8. The molecule has 0 aliphatic heterocycles. The first kappa shape index (κ1) is 17.4. The van der Waals surface area contributed by atoms with Crippen LogP contribution in [0.1, 0.15) is 29.8 Å². The van der Waals surface area contributed by atoms with Crippen LogP contribution < -0.4 is 16.8 Å². The molecule has 0 radical (unpaired) electrons. The monoisotopic (exact) mass is 285 g/mol. The van der Waals surface area contributed by atoms with Gasteiger partial charge in [-0.3, -0.25) is 9.59 Å². The molecule has 6 heteroatoms. The van der Waals surface area contributed by atoms with Gasteiger partial charge in [-0.1, -0.05) is 6.92 Å². The Morgan fingerprint density at radius 2 is 1.84 bits per heavy atom. The third-order valence-electron chi connectivity index (χ3n) is 2.96. The number of hydrogen-bond donors (Lipinski definition) is 3. The standard InChI is InChI=1S/C13H19N3O2.ClH/c1-7-6-10(4-5-11(7)12(15)17)16-13(18)8(2)9(3)14;/h4-6,8-9H,14H2,1-3H3,(H2,15,17)(H,16,18);1H. The van der Waals surface area contributed by atoms with Crippen molar-refractivity contribution >= 4 is 29.9 Å². The lowest BCUT2D eigenvalue weighted by molar-refractivity contribution is -0.119. The van der Waals surface area contributed by atoms with Crippen molar-refractivity contribution in [1.29, 1.82) is 0 Å². The van der Waals surface area contributed by atoms with Crippen LogP contribution in [0.4, 0.5) is 5.69 Å². The fraction of sp³-hybridized carbons (Fsp3) is 0.385. The van der Waals surface area contributed by atoms with Crippen LogP contribution in [-0.2, 0) is 4.79 Å². The molecule has 106 valence electrons. The van der Waals surface area contributed by atoms with Crippen molar-refractivity contribution in [2.75, 3.05) is 5.32 Å². The van der Waals surface area contributed by atoms with E-state index in [2.05, 4.69) is 5.32 Å². The van der Waals surface area contributed by atoms with Crippen molar-refractivity contribution in [2.24, 2.45) is 17.4 Å². The second-order valence-corrected chi connectivity index (χ2v) is 4.53.